The summed E-state index contributed by atoms with van der Waals surface area (Å²) in [6.07, 6.45) is 2.63. The van der Waals surface area contributed by atoms with Crippen molar-refractivity contribution in [3.8, 4) is 5.75 Å². The maximum atomic E-state index is 10.3. The second-order valence-electron chi connectivity index (χ2n) is 4.47. The number of fused-ring (bicyclic) bond motifs is 1. The Hall–Kier alpha value is -1.87. The van der Waals surface area contributed by atoms with E-state index in [2.05, 4.69) is 11.1 Å². The molecule has 0 saturated heterocycles. The van der Waals surface area contributed by atoms with E-state index >= 15 is 0 Å². The lowest BCUT2D eigenvalue weighted by Crippen LogP contribution is -2.05. The van der Waals surface area contributed by atoms with Crippen molar-refractivity contribution in [3.63, 3.8) is 0 Å². The molecule has 0 fully saturated rings. The summed E-state index contributed by atoms with van der Waals surface area (Å²) < 4.78 is 5.61. The van der Waals surface area contributed by atoms with E-state index in [1.54, 1.807) is 6.20 Å². The fourth-order valence-electron chi connectivity index (χ4n) is 2.33. The first-order chi connectivity index (χ1) is 8.84. The van der Waals surface area contributed by atoms with Gasteiger partial charge in [-0.3, -0.25) is 4.98 Å². The van der Waals surface area contributed by atoms with Crippen molar-refractivity contribution in [1.82, 2.24) is 4.98 Å². The fourth-order valence-corrected chi connectivity index (χ4v) is 2.33. The number of nitrogens with zero attached hydrogens (tertiary/aromatic N) is 1. The summed E-state index contributed by atoms with van der Waals surface area (Å²) in [5, 5.41) is 10.3. The normalized spacial score (nSPS) is 14.9. The summed E-state index contributed by atoms with van der Waals surface area (Å²) >= 11 is 0. The van der Waals surface area contributed by atoms with Crippen molar-refractivity contribution in [2.24, 2.45) is 0 Å². The molecule has 1 aromatic carbocycles. The summed E-state index contributed by atoms with van der Waals surface area (Å²) in [7, 11) is 0. The highest BCUT2D eigenvalue weighted by Gasteiger charge is 2.20. The van der Waals surface area contributed by atoms with E-state index in [0.717, 1.165) is 23.4 Å². The van der Waals surface area contributed by atoms with Gasteiger partial charge in [-0.25, -0.2) is 0 Å². The molecule has 2 aromatic rings. The second kappa shape index (κ2) is 4.78. The van der Waals surface area contributed by atoms with Crippen LogP contribution in [0, 0.1) is 0 Å². The minimum atomic E-state index is -0.562. The van der Waals surface area contributed by atoms with E-state index in [1.165, 1.54) is 5.56 Å². The molecule has 1 aliphatic heterocycles. The number of hydrogen-bond acceptors (Lipinski definition) is 3. The molecule has 0 saturated carbocycles. The second-order valence-corrected chi connectivity index (χ2v) is 4.47. The van der Waals surface area contributed by atoms with Gasteiger partial charge in [0.05, 0.1) is 12.7 Å². The first kappa shape index (κ1) is 11.2. The molecule has 92 valence electrons. The van der Waals surface area contributed by atoms with Crippen molar-refractivity contribution in [2.45, 2.75) is 18.9 Å². The number of ether oxygens (including phenoxy) is 1. The lowest BCUT2D eigenvalue weighted by molar-refractivity contribution is 0.172. The molecule has 0 spiro atoms. The van der Waals surface area contributed by atoms with Gasteiger partial charge < -0.3 is 9.84 Å². The van der Waals surface area contributed by atoms with Crippen molar-refractivity contribution < 1.29 is 9.84 Å². The van der Waals surface area contributed by atoms with Gasteiger partial charge in [-0.1, -0.05) is 24.3 Å². The molecule has 0 aliphatic carbocycles. The van der Waals surface area contributed by atoms with Crippen LogP contribution in [0.15, 0.2) is 42.6 Å². The van der Waals surface area contributed by atoms with Crippen LogP contribution in [0.1, 0.15) is 22.9 Å². The standard InChI is InChI=1S/C15H15NO2/c17-14(10-12-5-1-2-8-16-12)13-6-3-4-11-7-9-18-15(11)13/h1-6,8,14,17H,7,9-10H2. The Balaban J connectivity index is 1.85. The van der Waals surface area contributed by atoms with E-state index in [4.69, 9.17) is 4.74 Å². The number of rotatable bonds is 3. The number of para-hydroxylation sites is 1. The van der Waals surface area contributed by atoms with Gasteiger partial charge in [0.25, 0.3) is 0 Å². The summed E-state index contributed by atoms with van der Waals surface area (Å²) in [4.78, 5) is 4.24. The predicted octanol–water partition coefficient (Wildman–Crippen LogP) is 2.29. The quantitative estimate of drug-likeness (QED) is 0.896. The Labute approximate surface area is 106 Å². The van der Waals surface area contributed by atoms with Gasteiger partial charge in [0.2, 0.25) is 0 Å². The average molecular weight is 241 g/mol. The lowest BCUT2D eigenvalue weighted by Gasteiger charge is -2.14. The molecule has 18 heavy (non-hydrogen) atoms. The van der Waals surface area contributed by atoms with E-state index in [1.807, 2.05) is 30.3 Å². The molecular formula is C15H15NO2. The van der Waals surface area contributed by atoms with Crippen LogP contribution in [0.2, 0.25) is 0 Å². The molecule has 0 amide bonds. The largest absolute Gasteiger partial charge is 0.493 e. The molecule has 1 N–H and O–H groups in total. The van der Waals surface area contributed by atoms with Crippen LogP contribution in [-0.2, 0) is 12.8 Å². The third-order valence-corrected chi connectivity index (χ3v) is 3.23. The van der Waals surface area contributed by atoms with Crippen LogP contribution in [-0.4, -0.2) is 16.7 Å². The number of hydrogen-bond donors (Lipinski definition) is 1. The molecule has 3 nitrogen and oxygen atoms in total. The zero-order valence-corrected chi connectivity index (χ0v) is 10.0. The fraction of sp³-hybridized carbons (Fsp3) is 0.267. The van der Waals surface area contributed by atoms with Crippen molar-refractivity contribution in [3.05, 3.63) is 59.4 Å². The smallest absolute Gasteiger partial charge is 0.128 e. The Morgan fingerprint density at radius 3 is 3.00 bits per heavy atom. The van der Waals surface area contributed by atoms with Gasteiger partial charge >= 0.3 is 0 Å². The molecule has 2 heterocycles. The van der Waals surface area contributed by atoms with Crippen LogP contribution < -0.4 is 4.74 Å². The predicted molar refractivity (Wildman–Crippen MR) is 68.5 cm³/mol. The van der Waals surface area contributed by atoms with Crippen LogP contribution in [0.25, 0.3) is 0 Å². The van der Waals surface area contributed by atoms with Crippen molar-refractivity contribution in [1.29, 1.82) is 0 Å². The zero-order valence-electron chi connectivity index (χ0n) is 10.0. The number of aromatic nitrogens is 1. The zero-order chi connectivity index (χ0) is 12.4. The number of pyridine rings is 1. The molecule has 3 rings (SSSR count). The Morgan fingerprint density at radius 1 is 1.22 bits per heavy atom. The first-order valence-corrected chi connectivity index (χ1v) is 6.17. The summed E-state index contributed by atoms with van der Waals surface area (Å²) in [5.74, 6) is 0.862. The summed E-state index contributed by atoms with van der Waals surface area (Å²) in [5.41, 5.74) is 2.95. The maximum Gasteiger partial charge on any atom is 0.128 e. The Bertz CT molecular complexity index is 539. The third kappa shape index (κ3) is 2.09. The van der Waals surface area contributed by atoms with E-state index in [9.17, 15) is 5.11 Å². The van der Waals surface area contributed by atoms with Gasteiger partial charge in [-0.15, -0.1) is 0 Å². The monoisotopic (exact) mass is 241 g/mol. The van der Waals surface area contributed by atoms with Gasteiger partial charge in [-0.05, 0) is 17.7 Å². The number of aliphatic hydroxyl groups excluding tert-OH is 1. The molecule has 1 atom stereocenters. The molecule has 1 unspecified atom stereocenters. The SMILES string of the molecule is OC(Cc1ccccn1)c1cccc2c1OCC2. The molecular weight excluding hydrogens is 226 g/mol. The van der Waals surface area contributed by atoms with Crippen molar-refractivity contribution >= 4 is 0 Å². The molecule has 0 radical (unpaired) electrons. The lowest BCUT2D eigenvalue weighted by atomic mass is 10.0. The van der Waals surface area contributed by atoms with Gasteiger partial charge in [-0.2, -0.15) is 0 Å². The van der Waals surface area contributed by atoms with E-state index in [-0.39, 0.29) is 0 Å². The molecule has 1 aromatic heterocycles. The third-order valence-electron chi connectivity index (χ3n) is 3.23. The topological polar surface area (TPSA) is 42.4 Å². The highest BCUT2D eigenvalue weighted by molar-refractivity contribution is 5.45. The van der Waals surface area contributed by atoms with Crippen LogP contribution in [0.3, 0.4) is 0 Å². The number of aliphatic hydroxyl groups is 1. The first-order valence-electron chi connectivity index (χ1n) is 6.17. The van der Waals surface area contributed by atoms with Gasteiger partial charge in [0.1, 0.15) is 5.75 Å². The number of benzene rings is 1. The minimum Gasteiger partial charge on any atom is -0.493 e. The van der Waals surface area contributed by atoms with Gasteiger partial charge in [0.15, 0.2) is 0 Å². The Morgan fingerprint density at radius 2 is 2.17 bits per heavy atom. The van der Waals surface area contributed by atoms with Crippen LogP contribution >= 0.6 is 0 Å². The van der Waals surface area contributed by atoms with Crippen LogP contribution in [0.5, 0.6) is 5.75 Å². The van der Waals surface area contributed by atoms with Crippen LogP contribution in [0.4, 0.5) is 0 Å². The Kier molecular flexibility index (Phi) is 2.99. The van der Waals surface area contributed by atoms with Gasteiger partial charge in [0, 0.05) is 30.3 Å². The van der Waals surface area contributed by atoms with E-state index in [0.29, 0.717) is 13.0 Å². The van der Waals surface area contributed by atoms with E-state index < -0.39 is 6.10 Å². The van der Waals surface area contributed by atoms with Crippen molar-refractivity contribution in [2.75, 3.05) is 6.61 Å². The molecule has 1 aliphatic rings. The average Bonchev–Trinajstić information content (AvgIpc) is 2.87. The minimum absolute atomic E-state index is 0.515. The maximum absolute atomic E-state index is 10.3. The highest BCUT2D eigenvalue weighted by Crippen LogP contribution is 2.34. The highest BCUT2D eigenvalue weighted by atomic mass is 16.5. The summed E-state index contributed by atoms with van der Waals surface area (Å²) in [6, 6.07) is 11.7. The molecule has 3 heteroatoms. The summed E-state index contributed by atoms with van der Waals surface area (Å²) in [6.45, 7) is 0.711. The molecule has 0 bridgehead atoms.